The van der Waals surface area contributed by atoms with Crippen molar-refractivity contribution in [3.8, 4) is 0 Å². The van der Waals surface area contributed by atoms with Gasteiger partial charge < -0.3 is 20.8 Å². The van der Waals surface area contributed by atoms with Crippen LogP contribution in [-0.2, 0) is 23.8 Å². The molecule has 1 aliphatic rings. The number of anilines is 1. The molecule has 0 aromatic carbocycles. The van der Waals surface area contributed by atoms with Gasteiger partial charge in [-0.1, -0.05) is 5.16 Å². The van der Waals surface area contributed by atoms with Crippen molar-refractivity contribution in [1.82, 2.24) is 15.4 Å². The topological polar surface area (TPSA) is 156 Å². The fourth-order valence-corrected chi connectivity index (χ4v) is 2.92. The van der Waals surface area contributed by atoms with Gasteiger partial charge in [0, 0.05) is 12.0 Å². The molecule has 0 spiro atoms. The minimum Gasteiger partial charge on any atom is -0.398 e. The highest BCUT2D eigenvalue weighted by Gasteiger charge is 2.47. The lowest BCUT2D eigenvalue weighted by atomic mass is 10.00. The number of aromatic nitrogens is 1. The molecule has 1 aromatic rings. The highest BCUT2D eigenvalue weighted by atomic mass is 32.1. The molecule has 0 radical (unpaired) electrons. The number of amides is 2. The van der Waals surface area contributed by atoms with Crippen LogP contribution in [0.1, 0.15) is 12.6 Å². The van der Waals surface area contributed by atoms with Crippen LogP contribution in [0.5, 0.6) is 0 Å². The summed E-state index contributed by atoms with van der Waals surface area (Å²) in [5, 5.41) is 8.87. The third-order valence-corrected chi connectivity index (χ3v) is 4.49. The van der Waals surface area contributed by atoms with Gasteiger partial charge in [-0.3, -0.25) is 19.0 Å². The fraction of sp³-hybridized carbons (Fsp3) is 0.500. The maximum Gasteiger partial charge on any atom is 0.276 e. The Balaban J connectivity index is 2.01. The Morgan fingerprint density at radius 2 is 2.32 bits per heavy atom. The van der Waals surface area contributed by atoms with Crippen LogP contribution in [0, 0.1) is 0 Å². The number of nitrogen functional groups attached to an aromatic ring is 1. The molecule has 0 aliphatic carbocycles. The molecule has 1 fully saturated rings. The van der Waals surface area contributed by atoms with Gasteiger partial charge in [-0.15, -0.1) is 11.3 Å². The number of hydrogen-bond acceptors (Lipinski definition) is 9. The molecule has 4 N–H and O–H groups in total. The second-order valence-electron chi connectivity index (χ2n) is 5.36. The standard InChI is InChI=1S/C12H18N5O6PS/c1-6-8(11(19)17(6)23-5-24(3,20)21)15-10(18)9(16-22-2)7-4-25-12(13)14-7/h4,6,8H,5H2,1-3H3,(H2,13,14)(H,15,18)(H,20,21)/b16-9-/t6-,8-/m0/s1. The van der Waals surface area contributed by atoms with E-state index in [2.05, 4.69) is 20.3 Å². The van der Waals surface area contributed by atoms with Gasteiger partial charge >= 0.3 is 0 Å². The van der Waals surface area contributed by atoms with E-state index in [1.165, 1.54) is 12.5 Å². The van der Waals surface area contributed by atoms with Crippen molar-refractivity contribution in [3.63, 3.8) is 0 Å². The minimum absolute atomic E-state index is 0.122. The number of nitrogens with zero attached hydrogens (tertiary/aromatic N) is 3. The minimum atomic E-state index is -3.42. The molecule has 0 bridgehead atoms. The third kappa shape index (κ3) is 4.54. The summed E-state index contributed by atoms with van der Waals surface area (Å²) in [5.74, 6) is -1.20. The Hall–Kier alpha value is -2.01. The molecule has 1 saturated heterocycles. The fourth-order valence-electron chi connectivity index (χ4n) is 2.03. The predicted octanol–water partition coefficient (Wildman–Crippen LogP) is -0.419. The van der Waals surface area contributed by atoms with Crippen molar-refractivity contribution >= 4 is 41.4 Å². The van der Waals surface area contributed by atoms with Gasteiger partial charge in [0.25, 0.3) is 11.8 Å². The van der Waals surface area contributed by atoms with E-state index in [1.54, 1.807) is 6.92 Å². The van der Waals surface area contributed by atoms with Crippen LogP contribution in [-0.4, -0.2) is 64.7 Å². The zero-order valence-electron chi connectivity index (χ0n) is 13.7. The molecular formula is C12H18N5O6PS. The van der Waals surface area contributed by atoms with Crippen LogP contribution >= 0.6 is 18.7 Å². The number of rotatable bonds is 7. The highest BCUT2D eigenvalue weighted by Crippen LogP contribution is 2.36. The molecule has 2 amide bonds. The summed E-state index contributed by atoms with van der Waals surface area (Å²) in [6, 6.07) is -1.38. The second-order valence-corrected chi connectivity index (χ2v) is 8.61. The van der Waals surface area contributed by atoms with Crippen LogP contribution in [0.25, 0.3) is 0 Å². The Labute approximate surface area is 147 Å². The average Bonchev–Trinajstić information content (AvgIpc) is 2.95. The number of nitrogens with one attached hydrogen (secondary N) is 1. The quantitative estimate of drug-likeness (QED) is 0.245. The molecule has 13 heteroatoms. The van der Waals surface area contributed by atoms with Crippen LogP contribution in [0.3, 0.4) is 0 Å². The monoisotopic (exact) mass is 391 g/mol. The van der Waals surface area contributed by atoms with Crippen molar-refractivity contribution in [2.45, 2.75) is 19.0 Å². The summed E-state index contributed by atoms with van der Waals surface area (Å²) in [6.07, 6.45) is -0.488. The first-order valence-corrected chi connectivity index (χ1v) is 10.2. The Morgan fingerprint density at radius 3 is 2.80 bits per heavy atom. The molecule has 1 unspecified atom stereocenters. The summed E-state index contributed by atoms with van der Waals surface area (Å²) in [7, 11) is -2.15. The van der Waals surface area contributed by atoms with E-state index in [0.717, 1.165) is 23.1 Å². The Bertz CT molecular complexity index is 746. The van der Waals surface area contributed by atoms with Crippen molar-refractivity contribution < 1.29 is 28.7 Å². The SMILES string of the molecule is CO/N=C(\C(=O)N[C@@H]1C(=O)N(OCP(C)(=O)O)[C@H]1C)c1csc(N)n1. The number of oxime groups is 1. The van der Waals surface area contributed by atoms with Gasteiger partial charge in [0.1, 0.15) is 18.8 Å². The van der Waals surface area contributed by atoms with E-state index >= 15 is 0 Å². The second kappa shape index (κ2) is 7.48. The van der Waals surface area contributed by atoms with E-state index < -0.39 is 37.6 Å². The van der Waals surface area contributed by atoms with E-state index in [0.29, 0.717) is 0 Å². The van der Waals surface area contributed by atoms with Gasteiger partial charge in [-0.05, 0) is 6.92 Å². The maximum atomic E-state index is 12.4. The number of nitrogens with two attached hydrogens (primary N) is 1. The lowest BCUT2D eigenvalue weighted by Gasteiger charge is -2.43. The molecule has 3 atom stereocenters. The first-order valence-electron chi connectivity index (χ1n) is 7.02. The number of carbonyl (C=O) groups excluding carboxylic acids is 2. The predicted molar refractivity (Wildman–Crippen MR) is 90.0 cm³/mol. The molecular weight excluding hydrogens is 373 g/mol. The van der Waals surface area contributed by atoms with Crippen molar-refractivity contribution in [1.29, 1.82) is 0 Å². The Morgan fingerprint density at radius 1 is 1.64 bits per heavy atom. The summed E-state index contributed by atoms with van der Waals surface area (Å²) >= 11 is 1.13. The third-order valence-electron chi connectivity index (χ3n) is 3.22. The molecule has 0 saturated carbocycles. The van der Waals surface area contributed by atoms with E-state index in [-0.39, 0.29) is 16.5 Å². The number of hydrogen-bond donors (Lipinski definition) is 3. The van der Waals surface area contributed by atoms with Gasteiger partial charge in [0.15, 0.2) is 17.2 Å². The first kappa shape index (κ1) is 19.3. The summed E-state index contributed by atoms with van der Waals surface area (Å²) in [4.78, 5) is 47.2. The first-order chi connectivity index (χ1) is 11.6. The smallest absolute Gasteiger partial charge is 0.276 e. The number of hydroxylamine groups is 2. The van der Waals surface area contributed by atoms with Crippen molar-refractivity contribution in [3.05, 3.63) is 11.1 Å². The average molecular weight is 391 g/mol. The van der Waals surface area contributed by atoms with Crippen LogP contribution in [0.2, 0.25) is 0 Å². The van der Waals surface area contributed by atoms with E-state index in [1.807, 2.05) is 0 Å². The Kier molecular flexibility index (Phi) is 5.78. The molecule has 1 aromatic heterocycles. The lowest BCUT2D eigenvalue weighted by molar-refractivity contribution is -0.224. The van der Waals surface area contributed by atoms with Gasteiger partial charge in [-0.2, -0.15) is 0 Å². The number of thiazole rings is 1. The van der Waals surface area contributed by atoms with Crippen molar-refractivity contribution in [2.75, 3.05) is 25.9 Å². The molecule has 2 rings (SSSR count). The van der Waals surface area contributed by atoms with Gasteiger partial charge in [0.2, 0.25) is 7.37 Å². The summed E-state index contributed by atoms with van der Waals surface area (Å²) in [6.45, 7) is 2.74. The normalized spacial score (nSPS) is 23.0. The van der Waals surface area contributed by atoms with Crippen molar-refractivity contribution in [2.24, 2.45) is 5.16 Å². The van der Waals surface area contributed by atoms with Crippen LogP contribution in [0.4, 0.5) is 5.13 Å². The highest BCUT2D eigenvalue weighted by molar-refractivity contribution is 7.56. The largest absolute Gasteiger partial charge is 0.398 e. The van der Waals surface area contributed by atoms with Crippen LogP contribution in [0.15, 0.2) is 10.5 Å². The van der Waals surface area contributed by atoms with E-state index in [9.17, 15) is 19.0 Å². The molecule has 138 valence electrons. The summed E-state index contributed by atoms with van der Waals surface area (Å²) in [5.41, 5.74) is 5.64. The number of carbonyl (C=O) groups is 2. The molecule has 1 aliphatic heterocycles. The van der Waals surface area contributed by atoms with E-state index in [4.69, 9.17) is 10.6 Å². The maximum absolute atomic E-state index is 12.4. The van der Waals surface area contributed by atoms with Crippen LogP contribution < -0.4 is 11.1 Å². The van der Waals surface area contributed by atoms with Gasteiger partial charge in [-0.25, -0.2) is 10.0 Å². The number of β-lactam (4-membered cyclic amide) rings is 1. The molecule has 2 heterocycles. The molecule has 25 heavy (non-hydrogen) atoms. The molecule has 11 nitrogen and oxygen atoms in total. The zero-order chi connectivity index (χ0) is 18.8. The zero-order valence-corrected chi connectivity index (χ0v) is 15.4. The van der Waals surface area contributed by atoms with Gasteiger partial charge in [0.05, 0.1) is 6.04 Å². The lowest BCUT2D eigenvalue weighted by Crippen LogP contribution is -2.69. The summed E-state index contributed by atoms with van der Waals surface area (Å²) < 4.78 is 11.2.